The molecule has 0 fully saturated rings. The van der Waals surface area contributed by atoms with Gasteiger partial charge in [-0.2, -0.15) is 5.10 Å². The summed E-state index contributed by atoms with van der Waals surface area (Å²) in [5.74, 6) is 0. The summed E-state index contributed by atoms with van der Waals surface area (Å²) in [4.78, 5) is 2.17. The minimum atomic E-state index is -3.80. The van der Waals surface area contributed by atoms with Crippen LogP contribution in [0.2, 0.25) is 10.2 Å². The predicted octanol–water partition coefficient (Wildman–Crippen LogP) is 3.40. The number of aryl methyl sites for hydroxylation is 2. The van der Waals surface area contributed by atoms with E-state index in [1.54, 1.807) is 14.0 Å². The SMILES string of the molecule is CCN(CC)C(CNS(=O)(=O)c1c(C)nn(C)c1Cl)c1ccccc1Cl. The van der Waals surface area contributed by atoms with Gasteiger partial charge in [0.1, 0.15) is 10.0 Å². The number of hydrogen-bond donors (Lipinski definition) is 1. The highest BCUT2D eigenvalue weighted by molar-refractivity contribution is 7.89. The molecule has 1 heterocycles. The van der Waals surface area contributed by atoms with E-state index >= 15 is 0 Å². The van der Waals surface area contributed by atoms with Gasteiger partial charge >= 0.3 is 0 Å². The highest BCUT2D eigenvalue weighted by Gasteiger charge is 2.28. The van der Waals surface area contributed by atoms with Crippen molar-refractivity contribution in [2.45, 2.75) is 31.7 Å². The molecule has 0 bridgehead atoms. The van der Waals surface area contributed by atoms with Gasteiger partial charge in [-0.15, -0.1) is 0 Å². The first kappa shape index (κ1) is 21.2. The van der Waals surface area contributed by atoms with Crippen LogP contribution in [0.15, 0.2) is 29.2 Å². The fourth-order valence-corrected chi connectivity index (χ4v) is 5.07. The topological polar surface area (TPSA) is 67.2 Å². The van der Waals surface area contributed by atoms with Crippen LogP contribution in [0.25, 0.3) is 0 Å². The Bertz CT molecular complexity index is 864. The smallest absolute Gasteiger partial charge is 0.245 e. The number of nitrogens with zero attached hydrogens (tertiary/aromatic N) is 3. The van der Waals surface area contributed by atoms with Crippen molar-refractivity contribution >= 4 is 33.2 Å². The number of benzene rings is 1. The van der Waals surface area contributed by atoms with E-state index in [2.05, 4.69) is 14.7 Å². The minimum absolute atomic E-state index is 0.0131. The first-order chi connectivity index (χ1) is 12.2. The van der Waals surface area contributed by atoms with Crippen LogP contribution in [-0.4, -0.2) is 42.7 Å². The Morgan fingerprint density at radius 2 is 1.85 bits per heavy atom. The summed E-state index contributed by atoms with van der Waals surface area (Å²) in [5.41, 5.74) is 1.25. The molecule has 144 valence electrons. The molecule has 0 amide bonds. The quantitative estimate of drug-likeness (QED) is 0.712. The van der Waals surface area contributed by atoms with E-state index in [9.17, 15) is 8.42 Å². The molecular formula is C17H24Cl2N4O2S. The third-order valence-electron chi connectivity index (χ3n) is 4.35. The molecule has 0 aliphatic heterocycles. The Hall–Kier alpha value is -1.12. The molecule has 0 saturated heterocycles. The summed E-state index contributed by atoms with van der Waals surface area (Å²) < 4.78 is 29.6. The number of halogens is 2. The van der Waals surface area contributed by atoms with E-state index in [0.717, 1.165) is 18.7 Å². The van der Waals surface area contributed by atoms with E-state index in [1.165, 1.54) is 4.68 Å². The van der Waals surface area contributed by atoms with Crippen molar-refractivity contribution in [3.63, 3.8) is 0 Å². The average Bonchev–Trinajstić information content (AvgIpc) is 2.85. The van der Waals surface area contributed by atoms with E-state index in [-0.39, 0.29) is 22.6 Å². The van der Waals surface area contributed by atoms with Gasteiger partial charge in [-0.1, -0.05) is 55.2 Å². The Kier molecular flexibility index (Phi) is 7.10. The summed E-state index contributed by atoms with van der Waals surface area (Å²) in [6.07, 6.45) is 0. The van der Waals surface area contributed by atoms with Gasteiger partial charge in [0.25, 0.3) is 0 Å². The van der Waals surface area contributed by atoms with Gasteiger partial charge in [-0.25, -0.2) is 13.1 Å². The maximum absolute atomic E-state index is 12.8. The van der Waals surface area contributed by atoms with Crippen molar-refractivity contribution in [3.8, 4) is 0 Å². The summed E-state index contributed by atoms with van der Waals surface area (Å²) in [5, 5.41) is 4.78. The largest absolute Gasteiger partial charge is 0.296 e. The van der Waals surface area contributed by atoms with Crippen LogP contribution in [-0.2, 0) is 17.1 Å². The molecule has 0 radical (unpaired) electrons. The zero-order valence-corrected chi connectivity index (χ0v) is 17.7. The molecule has 1 aromatic heterocycles. The van der Waals surface area contributed by atoms with Crippen LogP contribution < -0.4 is 4.72 Å². The van der Waals surface area contributed by atoms with Crippen molar-refractivity contribution in [1.82, 2.24) is 19.4 Å². The highest BCUT2D eigenvalue weighted by Crippen LogP contribution is 2.28. The maximum Gasteiger partial charge on any atom is 0.245 e. The Balaban J connectivity index is 2.33. The zero-order valence-electron chi connectivity index (χ0n) is 15.3. The number of nitrogens with one attached hydrogen (secondary N) is 1. The van der Waals surface area contributed by atoms with Gasteiger partial charge in [0, 0.05) is 24.7 Å². The second-order valence-electron chi connectivity index (χ2n) is 5.94. The van der Waals surface area contributed by atoms with Crippen molar-refractivity contribution < 1.29 is 8.42 Å². The van der Waals surface area contributed by atoms with Crippen molar-refractivity contribution in [1.29, 1.82) is 0 Å². The monoisotopic (exact) mass is 418 g/mol. The molecule has 0 aliphatic carbocycles. The lowest BCUT2D eigenvalue weighted by molar-refractivity contribution is 0.220. The van der Waals surface area contributed by atoms with Crippen molar-refractivity contribution in [2.75, 3.05) is 19.6 Å². The second-order valence-corrected chi connectivity index (χ2v) is 8.41. The summed E-state index contributed by atoms with van der Waals surface area (Å²) in [6.45, 7) is 7.39. The number of aromatic nitrogens is 2. The van der Waals surface area contributed by atoms with E-state index in [1.807, 2.05) is 38.1 Å². The lowest BCUT2D eigenvalue weighted by Gasteiger charge is -2.30. The molecule has 1 aromatic carbocycles. The third kappa shape index (κ3) is 4.40. The molecule has 0 saturated carbocycles. The molecule has 1 atom stereocenters. The Labute approximate surface area is 165 Å². The molecule has 1 N–H and O–H groups in total. The van der Waals surface area contributed by atoms with Crippen LogP contribution in [0.3, 0.4) is 0 Å². The number of hydrogen-bond acceptors (Lipinski definition) is 4. The van der Waals surface area contributed by atoms with Crippen LogP contribution >= 0.6 is 23.2 Å². The van der Waals surface area contributed by atoms with Gasteiger partial charge in [-0.3, -0.25) is 9.58 Å². The van der Waals surface area contributed by atoms with Crippen LogP contribution in [0.1, 0.15) is 31.1 Å². The van der Waals surface area contributed by atoms with Crippen molar-refractivity contribution in [3.05, 3.63) is 45.7 Å². The highest BCUT2D eigenvalue weighted by atomic mass is 35.5. The summed E-state index contributed by atoms with van der Waals surface area (Å²) >= 11 is 12.5. The molecule has 0 aliphatic rings. The van der Waals surface area contributed by atoms with Crippen LogP contribution in [0.4, 0.5) is 0 Å². The van der Waals surface area contributed by atoms with Crippen LogP contribution in [0, 0.1) is 6.92 Å². The minimum Gasteiger partial charge on any atom is -0.296 e. The molecule has 6 nitrogen and oxygen atoms in total. The Morgan fingerprint density at radius 1 is 1.23 bits per heavy atom. The first-order valence-corrected chi connectivity index (χ1v) is 10.6. The molecule has 9 heteroatoms. The predicted molar refractivity (Wildman–Crippen MR) is 105 cm³/mol. The normalized spacial score (nSPS) is 13.3. The molecular weight excluding hydrogens is 395 g/mol. The number of likely N-dealkylation sites (N-methyl/N-ethyl adjacent to an activating group) is 1. The first-order valence-electron chi connectivity index (χ1n) is 8.40. The fraction of sp³-hybridized carbons (Fsp3) is 0.471. The molecule has 1 unspecified atom stereocenters. The summed E-state index contributed by atoms with van der Waals surface area (Å²) in [6, 6.07) is 7.29. The fourth-order valence-electron chi connectivity index (χ4n) is 3.02. The average molecular weight is 419 g/mol. The van der Waals surface area contributed by atoms with Gasteiger partial charge in [0.2, 0.25) is 10.0 Å². The molecule has 2 aromatic rings. The zero-order chi connectivity index (χ0) is 19.5. The van der Waals surface area contributed by atoms with Crippen LogP contribution in [0.5, 0.6) is 0 Å². The van der Waals surface area contributed by atoms with E-state index in [0.29, 0.717) is 10.7 Å². The van der Waals surface area contributed by atoms with Crippen molar-refractivity contribution in [2.24, 2.45) is 7.05 Å². The lowest BCUT2D eigenvalue weighted by Crippen LogP contribution is -2.38. The molecule has 2 rings (SSSR count). The second kappa shape index (κ2) is 8.71. The van der Waals surface area contributed by atoms with E-state index in [4.69, 9.17) is 23.2 Å². The summed E-state index contributed by atoms with van der Waals surface area (Å²) in [7, 11) is -2.19. The third-order valence-corrected chi connectivity index (χ3v) is 6.82. The van der Waals surface area contributed by atoms with Gasteiger partial charge in [0.15, 0.2) is 0 Å². The molecule has 0 spiro atoms. The lowest BCUT2D eigenvalue weighted by atomic mass is 10.1. The van der Waals surface area contributed by atoms with Gasteiger partial charge < -0.3 is 0 Å². The standard InChI is InChI=1S/C17H24Cl2N4O2S/c1-5-23(6-2)15(13-9-7-8-10-14(13)18)11-20-26(24,25)16-12(3)21-22(4)17(16)19/h7-10,15,20H,5-6,11H2,1-4H3. The van der Waals surface area contributed by atoms with Gasteiger partial charge in [-0.05, 0) is 31.6 Å². The maximum atomic E-state index is 12.8. The van der Waals surface area contributed by atoms with E-state index < -0.39 is 10.0 Å². The number of rotatable bonds is 8. The Morgan fingerprint density at radius 3 is 2.35 bits per heavy atom. The van der Waals surface area contributed by atoms with Gasteiger partial charge in [0.05, 0.1) is 5.69 Å². The number of sulfonamides is 1. The molecule has 26 heavy (non-hydrogen) atoms.